The molecule has 0 amide bonds. The molecule has 0 aromatic heterocycles. The molecule has 1 N–H and O–H groups in total. The van der Waals surface area contributed by atoms with E-state index < -0.39 is 16.4 Å². The zero-order valence-electron chi connectivity index (χ0n) is 9.28. The van der Waals surface area contributed by atoms with Crippen LogP contribution < -0.4 is 0 Å². The Bertz CT molecular complexity index is 230. The lowest BCUT2D eigenvalue weighted by Gasteiger charge is -2.26. The number of rotatable bonds is 5. The quantitative estimate of drug-likeness (QED) is 0.420. The van der Waals surface area contributed by atoms with Gasteiger partial charge in [0.2, 0.25) is 6.54 Å². The lowest BCUT2D eigenvalue weighted by Crippen LogP contribution is -2.35. The predicted octanol–water partition coefficient (Wildman–Crippen LogP) is 2.01. The van der Waals surface area contributed by atoms with Crippen LogP contribution in [0, 0.1) is 15.5 Å². The van der Waals surface area contributed by atoms with Crippen LogP contribution in [0.25, 0.3) is 0 Å². The number of nitro groups is 1. The van der Waals surface area contributed by atoms with Gasteiger partial charge >= 0.3 is 0 Å². The molecule has 0 heterocycles. The molecule has 0 aromatic rings. The Labute approximate surface area is 84.8 Å². The first kappa shape index (κ1) is 13.1. The maximum absolute atomic E-state index is 10.2. The van der Waals surface area contributed by atoms with Gasteiger partial charge < -0.3 is 5.11 Å². The lowest BCUT2D eigenvalue weighted by atomic mass is 9.82. The molecule has 0 spiro atoms. The van der Waals surface area contributed by atoms with E-state index in [2.05, 4.69) is 0 Å². The Morgan fingerprint density at radius 3 is 2.43 bits per heavy atom. The van der Waals surface area contributed by atoms with Gasteiger partial charge in [-0.15, -0.1) is 0 Å². The minimum absolute atomic E-state index is 0.385. The summed E-state index contributed by atoms with van der Waals surface area (Å²) in [4.78, 5) is 9.75. The van der Waals surface area contributed by atoms with Crippen LogP contribution >= 0.6 is 0 Å². The van der Waals surface area contributed by atoms with Crippen LogP contribution in [0.15, 0.2) is 11.6 Å². The summed E-state index contributed by atoms with van der Waals surface area (Å²) in [6.07, 6.45) is 1.75. The molecule has 4 heteroatoms. The van der Waals surface area contributed by atoms with E-state index in [0.717, 1.165) is 5.57 Å². The third kappa shape index (κ3) is 4.97. The molecule has 0 aliphatic carbocycles. The van der Waals surface area contributed by atoms with Crippen molar-refractivity contribution >= 4 is 0 Å². The predicted molar refractivity (Wildman–Crippen MR) is 55.7 cm³/mol. The van der Waals surface area contributed by atoms with Gasteiger partial charge in [-0.1, -0.05) is 25.5 Å². The van der Waals surface area contributed by atoms with Crippen molar-refractivity contribution in [2.45, 2.75) is 40.2 Å². The zero-order valence-corrected chi connectivity index (χ0v) is 9.28. The minimum atomic E-state index is -0.895. The van der Waals surface area contributed by atoms with Gasteiger partial charge in [0.05, 0.1) is 0 Å². The summed E-state index contributed by atoms with van der Waals surface area (Å²) < 4.78 is 0. The molecule has 0 aliphatic rings. The second-order valence-electron chi connectivity index (χ2n) is 4.51. The van der Waals surface area contributed by atoms with Gasteiger partial charge in [0.15, 0.2) is 0 Å². The van der Waals surface area contributed by atoms with Gasteiger partial charge in [-0.3, -0.25) is 10.1 Å². The highest BCUT2D eigenvalue weighted by molar-refractivity contribution is 4.97. The normalized spacial score (nSPS) is 13.5. The fourth-order valence-corrected chi connectivity index (χ4v) is 0.992. The van der Waals surface area contributed by atoms with Crippen LogP contribution in [-0.4, -0.2) is 22.7 Å². The van der Waals surface area contributed by atoms with Crippen molar-refractivity contribution < 1.29 is 10.0 Å². The maximum Gasteiger partial charge on any atom is 0.229 e. The van der Waals surface area contributed by atoms with Crippen molar-refractivity contribution in [2.75, 3.05) is 6.54 Å². The number of hydrogen-bond acceptors (Lipinski definition) is 3. The third-order valence-electron chi connectivity index (χ3n) is 2.26. The molecule has 0 unspecified atom stereocenters. The standard InChI is InChI=1S/C10H19NO3/c1-8(2)5-6-10(3,4)9(12)7-11(13)14/h5,9,12H,6-7H2,1-4H3/t9-/m1/s1. The van der Waals surface area contributed by atoms with E-state index in [9.17, 15) is 15.2 Å². The summed E-state index contributed by atoms with van der Waals surface area (Å²) >= 11 is 0. The van der Waals surface area contributed by atoms with Gasteiger partial charge in [0, 0.05) is 10.3 Å². The van der Waals surface area contributed by atoms with E-state index in [1.165, 1.54) is 0 Å². The summed E-state index contributed by atoms with van der Waals surface area (Å²) in [6.45, 7) is 7.22. The average Bonchev–Trinajstić information content (AvgIpc) is 1.99. The summed E-state index contributed by atoms with van der Waals surface area (Å²) in [5.41, 5.74) is 0.719. The molecule has 0 saturated heterocycles. The maximum atomic E-state index is 10.2. The number of aliphatic hydroxyl groups excluding tert-OH is 1. The lowest BCUT2D eigenvalue weighted by molar-refractivity contribution is -0.494. The van der Waals surface area contributed by atoms with Crippen LogP contribution in [0.4, 0.5) is 0 Å². The topological polar surface area (TPSA) is 63.4 Å². The van der Waals surface area contributed by atoms with Gasteiger partial charge in [0.25, 0.3) is 0 Å². The highest BCUT2D eigenvalue weighted by atomic mass is 16.6. The Balaban J connectivity index is 4.29. The second-order valence-corrected chi connectivity index (χ2v) is 4.51. The average molecular weight is 201 g/mol. The molecule has 0 fully saturated rings. The molecule has 0 radical (unpaired) electrons. The molecule has 4 nitrogen and oxygen atoms in total. The van der Waals surface area contributed by atoms with E-state index in [1.54, 1.807) is 0 Å². The zero-order chi connectivity index (χ0) is 11.4. The largest absolute Gasteiger partial charge is 0.386 e. The van der Waals surface area contributed by atoms with Gasteiger partial charge in [-0.25, -0.2) is 0 Å². The number of hydrogen-bond donors (Lipinski definition) is 1. The molecule has 1 atom stereocenters. The summed E-state index contributed by atoms with van der Waals surface area (Å²) in [7, 11) is 0. The highest BCUT2D eigenvalue weighted by Crippen LogP contribution is 2.26. The van der Waals surface area contributed by atoms with E-state index in [4.69, 9.17) is 0 Å². The van der Waals surface area contributed by atoms with Crippen molar-refractivity contribution in [3.63, 3.8) is 0 Å². The smallest absolute Gasteiger partial charge is 0.229 e. The third-order valence-corrected chi connectivity index (χ3v) is 2.26. The van der Waals surface area contributed by atoms with Crippen molar-refractivity contribution in [1.29, 1.82) is 0 Å². The SMILES string of the molecule is CC(C)=CCC(C)(C)[C@H](O)C[N+](=O)[O-]. The number of nitrogens with zero attached hydrogens (tertiary/aromatic N) is 1. The first-order valence-electron chi connectivity index (χ1n) is 4.69. The van der Waals surface area contributed by atoms with E-state index >= 15 is 0 Å². The van der Waals surface area contributed by atoms with E-state index in [-0.39, 0.29) is 6.54 Å². The van der Waals surface area contributed by atoms with Crippen LogP contribution in [0.2, 0.25) is 0 Å². The van der Waals surface area contributed by atoms with E-state index in [0.29, 0.717) is 6.42 Å². The Morgan fingerprint density at radius 2 is 2.07 bits per heavy atom. The first-order chi connectivity index (χ1) is 6.25. The Kier molecular flexibility index (Phi) is 4.77. The fraction of sp³-hybridized carbons (Fsp3) is 0.800. The molecule has 0 aromatic carbocycles. The monoisotopic (exact) mass is 201 g/mol. The van der Waals surface area contributed by atoms with Crippen molar-refractivity contribution in [3.05, 3.63) is 21.8 Å². The fourth-order valence-electron chi connectivity index (χ4n) is 0.992. The number of aliphatic hydroxyl groups is 1. The highest BCUT2D eigenvalue weighted by Gasteiger charge is 2.30. The molecule has 0 saturated carbocycles. The van der Waals surface area contributed by atoms with Crippen molar-refractivity contribution in [2.24, 2.45) is 5.41 Å². The van der Waals surface area contributed by atoms with E-state index in [1.807, 2.05) is 33.8 Å². The molecular weight excluding hydrogens is 182 g/mol. The van der Waals surface area contributed by atoms with Crippen LogP contribution in [0.1, 0.15) is 34.1 Å². The van der Waals surface area contributed by atoms with Crippen LogP contribution in [-0.2, 0) is 0 Å². The molecule has 0 aliphatic heterocycles. The molecular formula is C10H19NO3. The number of allylic oxidation sites excluding steroid dienone is 2. The van der Waals surface area contributed by atoms with Gasteiger partial charge in [-0.2, -0.15) is 0 Å². The minimum Gasteiger partial charge on any atom is -0.386 e. The van der Waals surface area contributed by atoms with Crippen molar-refractivity contribution in [3.8, 4) is 0 Å². The molecule has 0 bridgehead atoms. The second kappa shape index (κ2) is 5.10. The van der Waals surface area contributed by atoms with Crippen LogP contribution in [0.5, 0.6) is 0 Å². The summed E-state index contributed by atoms with van der Waals surface area (Å²) in [5.74, 6) is 0. The molecule has 82 valence electrons. The summed E-state index contributed by atoms with van der Waals surface area (Å²) in [5, 5.41) is 19.8. The van der Waals surface area contributed by atoms with Crippen molar-refractivity contribution in [1.82, 2.24) is 0 Å². The van der Waals surface area contributed by atoms with Gasteiger partial charge in [0.1, 0.15) is 6.10 Å². The molecule has 14 heavy (non-hydrogen) atoms. The van der Waals surface area contributed by atoms with Crippen LogP contribution in [0.3, 0.4) is 0 Å². The molecule has 0 rings (SSSR count). The Morgan fingerprint density at radius 1 is 1.57 bits per heavy atom. The van der Waals surface area contributed by atoms with Gasteiger partial charge in [-0.05, 0) is 20.3 Å². The Hall–Kier alpha value is -0.900. The first-order valence-corrected chi connectivity index (χ1v) is 4.69. The summed E-state index contributed by atoms with van der Waals surface area (Å²) in [6, 6.07) is 0.